The zero-order valence-corrected chi connectivity index (χ0v) is 7.38. The highest BCUT2D eigenvalue weighted by atomic mass is 35.5. The maximum atomic E-state index is 5.53. The van der Waals surface area contributed by atoms with E-state index in [0.717, 1.165) is 6.42 Å². The van der Waals surface area contributed by atoms with Crippen LogP contribution in [0.15, 0.2) is 42.0 Å². The fourth-order valence-electron chi connectivity index (χ4n) is 1.54. The predicted molar refractivity (Wildman–Crippen MR) is 53.1 cm³/mol. The van der Waals surface area contributed by atoms with Crippen molar-refractivity contribution >= 4 is 17.2 Å². The molecule has 1 aliphatic rings. The molecule has 0 aliphatic heterocycles. The fourth-order valence-corrected chi connectivity index (χ4v) is 1.67. The second-order valence-corrected chi connectivity index (χ2v) is 3.07. The van der Waals surface area contributed by atoms with E-state index in [1.54, 1.807) is 5.54 Å². The first-order valence-corrected chi connectivity index (χ1v) is 4.40. The molecule has 0 radical (unpaired) electrons. The van der Waals surface area contributed by atoms with Crippen molar-refractivity contribution in [1.82, 2.24) is 0 Å². The van der Waals surface area contributed by atoms with Crippen LogP contribution in [0.5, 0.6) is 0 Å². The Bertz CT molecular complexity index is 348. The van der Waals surface area contributed by atoms with Gasteiger partial charge in [-0.25, -0.2) is 0 Å². The van der Waals surface area contributed by atoms with Crippen molar-refractivity contribution in [1.29, 1.82) is 0 Å². The number of hydrogen-bond donors (Lipinski definition) is 0. The van der Waals surface area contributed by atoms with Crippen molar-refractivity contribution in [3.63, 3.8) is 0 Å². The van der Waals surface area contributed by atoms with E-state index in [9.17, 15) is 0 Å². The summed E-state index contributed by atoms with van der Waals surface area (Å²) in [4.78, 5) is 0. The van der Waals surface area contributed by atoms with Gasteiger partial charge in [0.1, 0.15) is 0 Å². The molecule has 60 valence electrons. The standard InChI is InChI=1S/C11H9Cl/c12-8-7-10-6-5-9-3-1-2-4-11(9)10/h1-4,6-8H,5H2/b8-7+. The Morgan fingerprint density at radius 2 is 2.08 bits per heavy atom. The summed E-state index contributed by atoms with van der Waals surface area (Å²) in [7, 11) is 0. The van der Waals surface area contributed by atoms with Crippen molar-refractivity contribution in [2.45, 2.75) is 6.42 Å². The van der Waals surface area contributed by atoms with E-state index in [0.29, 0.717) is 0 Å². The van der Waals surface area contributed by atoms with E-state index in [1.165, 1.54) is 16.7 Å². The molecule has 0 saturated carbocycles. The molecule has 1 aromatic rings. The molecule has 12 heavy (non-hydrogen) atoms. The van der Waals surface area contributed by atoms with E-state index in [4.69, 9.17) is 11.6 Å². The summed E-state index contributed by atoms with van der Waals surface area (Å²) in [5.74, 6) is 0. The number of benzene rings is 1. The number of fused-ring (bicyclic) bond motifs is 1. The summed E-state index contributed by atoms with van der Waals surface area (Å²) in [5, 5.41) is 0. The summed E-state index contributed by atoms with van der Waals surface area (Å²) in [5.41, 5.74) is 5.51. The molecular weight excluding hydrogens is 168 g/mol. The van der Waals surface area contributed by atoms with Gasteiger partial charge in [0.25, 0.3) is 0 Å². The van der Waals surface area contributed by atoms with Gasteiger partial charge in [0.05, 0.1) is 0 Å². The molecule has 0 unspecified atom stereocenters. The molecule has 1 aliphatic carbocycles. The molecule has 0 aromatic heterocycles. The minimum Gasteiger partial charge on any atom is -0.0929 e. The summed E-state index contributed by atoms with van der Waals surface area (Å²) >= 11 is 5.53. The zero-order chi connectivity index (χ0) is 8.39. The van der Waals surface area contributed by atoms with Crippen molar-refractivity contribution in [3.8, 4) is 0 Å². The number of allylic oxidation sites excluding steroid dienone is 3. The highest BCUT2D eigenvalue weighted by molar-refractivity contribution is 6.26. The summed E-state index contributed by atoms with van der Waals surface area (Å²) in [6.45, 7) is 0. The second kappa shape index (κ2) is 3.16. The van der Waals surface area contributed by atoms with Gasteiger partial charge < -0.3 is 0 Å². The SMILES string of the molecule is Cl/C=C/C1=CCc2ccccc21. The van der Waals surface area contributed by atoms with Crippen LogP contribution in [0.2, 0.25) is 0 Å². The van der Waals surface area contributed by atoms with Crippen molar-refractivity contribution in [2.24, 2.45) is 0 Å². The lowest BCUT2D eigenvalue weighted by Gasteiger charge is -1.98. The largest absolute Gasteiger partial charge is 0.0929 e. The molecule has 0 bridgehead atoms. The minimum atomic E-state index is 1.03. The summed E-state index contributed by atoms with van der Waals surface area (Å²) in [6.07, 6.45) is 5.17. The maximum absolute atomic E-state index is 5.53. The van der Waals surface area contributed by atoms with Crippen LogP contribution in [-0.4, -0.2) is 0 Å². The molecule has 0 fully saturated rings. The lowest BCUT2D eigenvalue weighted by atomic mass is 10.1. The first-order chi connectivity index (χ1) is 5.92. The van der Waals surface area contributed by atoms with Crippen molar-refractivity contribution in [2.75, 3.05) is 0 Å². The topological polar surface area (TPSA) is 0 Å². The lowest BCUT2D eigenvalue weighted by molar-refractivity contribution is 1.31. The van der Waals surface area contributed by atoms with Crippen LogP contribution in [0.25, 0.3) is 5.57 Å². The summed E-state index contributed by atoms with van der Waals surface area (Å²) < 4.78 is 0. The van der Waals surface area contributed by atoms with Gasteiger partial charge in [-0.05, 0) is 29.2 Å². The lowest BCUT2D eigenvalue weighted by Crippen LogP contribution is -1.80. The van der Waals surface area contributed by atoms with E-state index in [1.807, 2.05) is 6.08 Å². The molecule has 0 heterocycles. The van der Waals surface area contributed by atoms with E-state index < -0.39 is 0 Å². The number of hydrogen-bond acceptors (Lipinski definition) is 0. The van der Waals surface area contributed by atoms with Crippen LogP contribution >= 0.6 is 11.6 Å². The fraction of sp³-hybridized carbons (Fsp3) is 0.0909. The van der Waals surface area contributed by atoms with Crippen LogP contribution in [-0.2, 0) is 6.42 Å². The van der Waals surface area contributed by atoms with Crippen LogP contribution in [0.4, 0.5) is 0 Å². The third-order valence-corrected chi connectivity index (χ3v) is 2.24. The van der Waals surface area contributed by atoms with Gasteiger partial charge in [-0.2, -0.15) is 0 Å². The average molecular weight is 177 g/mol. The quantitative estimate of drug-likeness (QED) is 0.616. The van der Waals surface area contributed by atoms with Crippen LogP contribution in [0.1, 0.15) is 11.1 Å². The Kier molecular flexibility index (Phi) is 2.01. The molecule has 0 amide bonds. The smallest absolute Gasteiger partial charge is 0.00485 e. The van der Waals surface area contributed by atoms with Gasteiger partial charge in [-0.1, -0.05) is 41.9 Å². The summed E-state index contributed by atoms with van der Waals surface area (Å²) in [6, 6.07) is 8.41. The molecular formula is C11H9Cl. The monoisotopic (exact) mass is 176 g/mol. The highest BCUT2D eigenvalue weighted by Crippen LogP contribution is 2.27. The molecule has 0 nitrogen and oxygen atoms in total. The molecule has 1 aromatic carbocycles. The van der Waals surface area contributed by atoms with Gasteiger partial charge in [0, 0.05) is 5.54 Å². The van der Waals surface area contributed by atoms with Gasteiger partial charge in [-0.3, -0.25) is 0 Å². The van der Waals surface area contributed by atoms with Crippen LogP contribution in [0.3, 0.4) is 0 Å². The minimum absolute atomic E-state index is 1.03. The molecule has 2 rings (SSSR count). The molecule has 0 N–H and O–H groups in total. The molecule has 0 saturated heterocycles. The Labute approximate surface area is 77.2 Å². The third kappa shape index (κ3) is 1.19. The number of rotatable bonds is 1. The van der Waals surface area contributed by atoms with Gasteiger partial charge in [-0.15, -0.1) is 0 Å². The van der Waals surface area contributed by atoms with Crippen molar-refractivity contribution in [3.05, 3.63) is 53.1 Å². The zero-order valence-electron chi connectivity index (χ0n) is 6.63. The normalized spacial score (nSPS) is 14.9. The first kappa shape index (κ1) is 7.63. The van der Waals surface area contributed by atoms with E-state index in [2.05, 4.69) is 30.3 Å². The van der Waals surface area contributed by atoms with Crippen molar-refractivity contribution < 1.29 is 0 Å². The van der Waals surface area contributed by atoms with Gasteiger partial charge in [0.15, 0.2) is 0 Å². The average Bonchev–Trinajstić information content (AvgIpc) is 2.50. The molecule has 0 spiro atoms. The number of halogens is 1. The second-order valence-electron chi connectivity index (χ2n) is 2.81. The maximum Gasteiger partial charge on any atom is 0.00485 e. The van der Waals surface area contributed by atoms with E-state index in [-0.39, 0.29) is 0 Å². The Morgan fingerprint density at radius 1 is 1.25 bits per heavy atom. The van der Waals surface area contributed by atoms with Crippen LogP contribution < -0.4 is 0 Å². The third-order valence-electron chi connectivity index (χ3n) is 2.11. The van der Waals surface area contributed by atoms with Gasteiger partial charge in [0.2, 0.25) is 0 Å². The van der Waals surface area contributed by atoms with Gasteiger partial charge >= 0.3 is 0 Å². The van der Waals surface area contributed by atoms with E-state index >= 15 is 0 Å². The predicted octanol–water partition coefficient (Wildman–Crippen LogP) is 3.38. The Balaban J connectivity index is 2.45. The first-order valence-electron chi connectivity index (χ1n) is 3.97. The highest BCUT2D eigenvalue weighted by Gasteiger charge is 2.09. The molecule has 1 heteroatoms. The Hall–Kier alpha value is -1.01. The molecule has 0 atom stereocenters. The Morgan fingerprint density at radius 3 is 2.92 bits per heavy atom. The van der Waals surface area contributed by atoms with Crippen LogP contribution in [0, 0.1) is 0 Å².